The smallest absolute Gasteiger partial charge is 0.411 e. The number of amides is 1. The lowest BCUT2D eigenvalue weighted by Crippen LogP contribution is -2.53. The van der Waals surface area contributed by atoms with Gasteiger partial charge in [-0.3, -0.25) is 4.90 Å². The van der Waals surface area contributed by atoms with E-state index in [2.05, 4.69) is 0 Å². The molecule has 0 spiro atoms. The lowest BCUT2D eigenvalue weighted by molar-refractivity contribution is -0.155. The minimum Gasteiger partial charge on any atom is -0.467 e. The van der Waals surface area contributed by atoms with E-state index in [0.29, 0.717) is 13.0 Å². The first kappa shape index (κ1) is 19.0. The molecular weight excluding hydrogens is 342 g/mol. The van der Waals surface area contributed by atoms with Crippen LogP contribution in [0.5, 0.6) is 0 Å². The Kier molecular flexibility index (Phi) is 4.96. The molecule has 1 atom stereocenters. The van der Waals surface area contributed by atoms with Crippen molar-refractivity contribution < 1.29 is 19.1 Å². The number of hydrogen-bond acceptors (Lipinski definition) is 4. The van der Waals surface area contributed by atoms with Gasteiger partial charge in [0.15, 0.2) is 5.54 Å². The van der Waals surface area contributed by atoms with E-state index in [1.165, 1.54) is 12.0 Å². The van der Waals surface area contributed by atoms with E-state index in [4.69, 9.17) is 9.47 Å². The van der Waals surface area contributed by atoms with Gasteiger partial charge in [0.1, 0.15) is 5.60 Å². The van der Waals surface area contributed by atoms with Crippen LogP contribution in [0, 0.1) is 0 Å². The predicted octanol–water partition coefficient (Wildman–Crippen LogP) is 4.05. The van der Waals surface area contributed by atoms with Crippen LogP contribution in [0.4, 0.5) is 4.79 Å². The van der Waals surface area contributed by atoms with Crippen LogP contribution in [0.3, 0.4) is 0 Å². The quantitative estimate of drug-likeness (QED) is 0.768. The Morgan fingerprint density at radius 1 is 1.04 bits per heavy atom. The number of fused-ring (bicyclic) bond motifs is 1. The van der Waals surface area contributed by atoms with Crippen LogP contribution in [0.25, 0.3) is 0 Å². The van der Waals surface area contributed by atoms with E-state index in [0.717, 1.165) is 16.7 Å². The summed E-state index contributed by atoms with van der Waals surface area (Å²) < 4.78 is 10.8. The summed E-state index contributed by atoms with van der Waals surface area (Å²) in [5.74, 6) is -0.470. The molecule has 1 aliphatic rings. The third kappa shape index (κ3) is 3.54. The lowest BCUT2D eigenvalue weighted by atomic mass is 9.83. The summed E-state index contributed by atoms with van der Waals surface area (Å²) in [4.78, 5) is 27.7. The Labute approximate surface area is 159 Å². The zero-order chi connectivity index (χ0) is 19.7. The van der Waals surface area contributed by atoms with Gasteiger partial charge >= 0.3 is 12.1 Å². The van der Waals surface area contributed by atoms with E-state index in [1.54, 1.807) is 0 Å². The van der Waals surface area contributed by atoms with Gasteiger partial charge in [0.25, 0.3) is 0 Å². The largest absolute Gasteiger partial charge is 0.467 e. The molecule has 0 aliphatic carbocycles. The van der Waals surface area contributed by atoms with Crippen molar-refractivity contribution >= 4 is 12.1 Å². The Hall–Kier alpha value is -2.82. The molecule has 0 radical (unpaired) electrons. The highest BCUT2D eigenvalue weighted by atomic mass is 16.6. The summed E-state index contributed by atoms with van der Waals surface area (Å²) in [6.07, 6.45) is -0.212. The minimum atomic E-state index is -1.25. The third-order valence-corrected chi connectivity index (χ3v) is 4.69. The molecule has 0 fully saturated rings. The Morgan fingerprint density at radius 2 is 1.67 bits per heavy atom. The molecule has 5 heteroatoms. The fraction of sp³-hybridized carbons (Fsp3) is 0.364. The first-order valence-electron chi connectivity index (χ1n) is 8.99. The summed E-state index contributed by atoms with van der Waals surface area (Å²) in [7, 11) is 1.35. The lowest BCUT2D eigenvalue weighted by Gasteiger charge is -2.37. The number of hydrogen-bond donors (Lipinski definition) is 0. The second-order valence-corrected chi connectivity index (χ2v) is 7.74. The zero-order valence-corrected chi connectivity index (χ0v) is 16.2. The topological polar surface area (TPSA) is 55.8 Å². The maximum absolute atomic E-state index is 13.1. The molecule has 5 nitrogen and oxygen atoms in total. The van der Waals surface area contributed by atoms with Gasteiger partial charge < -0.3 is 9.47 Å². The molecule has 0 bridgehead atoms. The second-order valence-electron chi connectivity index (χ2n) is 7.74. The number of nitrogens with zero attached hydrogens (tertiary/aromatic N) is 1. The van der Waals surface area contributed by atoms with Gasteiger partial charge in [0.2, 0.25) is 0 Å². The second kappa shape index (κ2) is 7.06. The number of ether oxygens (including phenoxy) is 2. The molecule has 2 aromatic carbocycles. The van der Waals surface area contributed by atoms with Crippen LogP contribution in [0.15, 0.2) is 54.6 Å². The van der Waals surface area contributed by atoms with Crippen molar-refractivity contribution in [3.63, 3.8) is 0 Å². The first-order valence-corrected chi connectivity index (χ1v) is 8.99. The SMILES string of the molecule is COC(=O)C1(Cc2ccccc2)c2ccccc2CN1C(=O)OC(C)(C)C. The van der Waals surface area contributed by atoms with Crippen molar-refractivity contribution in [3.8, 4) is 0 Å². The van der Waals surface area contributed by atoms with Gasteiger partial charge in [-0.2, -0.15) is 0 Å². The number of carbonyl (C=O) groups excluding carboxylic acids is 2. The monoisotopic (exact) mass is 367 g/mol. The van der Waals surface area contributed by atoms with Gasteiger partial charge in [-0.05, 0) is 37.5 Å². The predicted molar refractivity (Wildman–Crippen MR) is 102 cm³/mol. The van der Waals surface area contributed by atoms with Crippen LogP contribution >= 0.6 is 0 Å². The van der Waals surface area contributed by atoms with Crippen LogP contribution in [-0.2, 0) is 32.8 Å². The van der Waals surface area contributed by atoms with Crippen molar-refractivity contribution in [2.24, 2.45) is 0 Å². The highest BCUT2D eigenvalue weighted by molar-refractivity contribution is 5.89. The summed E-state index contributed by atoms with van der Waals surface area (Å²) in [6, 6.07) is 17.2. The average molecular weight is 367 g/mol. The maximum atomic E-state index is 13.1. The molecular formula is C22H25NO4. The van der Waals surface area contributed by atoms with Crippen molar-refractivity contribution in [1.82, 2.24) is 4.90 Å². The molecule has 2 aromatic rings. The molecule has 0 saturated carbocycles. The highest BCUT2D eigenvalue weighted by Crippen LogP contribution is 2.43. The first-order chi connectivity index (χ1) is 12.8. The molecule has 3 rings (SSSR count). The fourth-order valence-corrected chi connectivity index (χ4v) is 3.59. The van der Waals surface area contributed by atoms with Gasteiger partial charge in [-0.25, -0.2) is 9.59 Å². The Balaban J connectivity index is 2.14. The molecule has 0 saturated heterocycles. The standard InChI is InChI=1S/C22H25NO4/c1-21(2,3)27-20(25)23-15-17-12-8-9-13-18(17)22(23,19(24)26-4)14-16-10-6-5-7-11-16/h5-13H,14-15H2,1-4H3. The van der Waals surface area contributed by atoms with E-state index >= 15 is 0 Å². The van der Waals surface area contributed by atoms with E-state index < -0.39 is 23.2 Å². The summed E-state index contributed by atoms with van der Waals surface area (Å²) in [6.45, 7) is 5.73. The number of rotatable bonds is 3. The molecule has 27 heavy (non-hydrogen) atoms. The zero-order valence-electron chi connectivity index (χ0n) is 16.2. The molecule has 1 aliphatic heterocycles. The Morgan fingerprint density at radius 3 is 2.30 bits per heavy atom. The fourth-order valence-electron chi connectivity index (χ4n) is 3.59. The van der Waals surface area contributed by atoms with Crippen molar-refractivity contribution in [1.29, 1.82) is 0 Å². The number of benzene rings is 2. The summed E-state index contributed by atoms with van der Waals surface area (Å²) in [5.41, 5.74) is 0.722. The normalized spacial score (nSPS) is 18.7. The van der Waals surface area contributed by atoms with Crippen LogP contribution < -0.4 is 0 Å². The van der Waals surface area contributed by atoms with Gasteiger partial charge in [-0.1, -0.05) is 54.6 Å². The van der Waals surface area contributed by atoms with Crippen LogP contribution in [0.1, 0.15) is 37.5 Å². The van der Waals surface area contributed by atoms with Crippen LogP contribution in [-0.4, -0.2) is 29.7 Å². The summed E-state index contributed by atoms with van der Waals surface area (Å²) in [5, 5.41) is 0. The van der Waals surface area contributed by atoms with Crippen molar-refractivity contribution in [2.45, 2.75) is 44.9 Å². The van der Waals surface area contributed by atoms with Crippen molar-refractivity contribution in [2.75, 3.05) is 7.11 Å². The van der Waals surface area contributed by atoms with E-state index in [-0.39, 0.29) is 0 Å². The molecule has 1 unspecified atom stereocenters. The average Bonchev–Trinajstić information content (AvgIpc) is 2.96. The third-order valence-electron chi connectivity index (χ3n) is 4.69. The van der Waals surface area contributed by atoms with Gasteiger partial charge in [-0.15, -0.1) is 0 Å². The molecule has 1 heterocycles. The van der Waals surface area contributed by atoms with Crippen molar-refractivity contribution in [3.05, 3.63) is 71.3 Å². The number of carbonyl (C=O) groups is 2. The molecule has 0 N–H and O–H groups in total. The van der Waals surface area contributed by atoms with E-state index in [1.807, 2.05) is 75.4 Å². The van der Waals surface area contributed by atoms with Gasteiger partial charge in [0, 0.05) is 6.42 Å². The van der Waals surface area contributed by atoms with Gasteiger partial charge in [0.05, 0.1) is 13.7 Å². The number of methoxy groups -OCH3 is 1. The Bertz CT molecular complexity index is 841. The highest BCUT2D eigenvalue weighted by Gasteiger charge is 2.55. The maximum Gasteiger partial charge on any atom is 0.411 e. The minimum absolute atomic E-state index is 0.299. The summed E-state index contributed by atoms with van der Waals surface area (Å²) >= 11 is 0. The molecule has 142 valence electrons. The molecule has 0 aromatic heterocycles. The number of esters is 1. The van der Waals surface area contributed by atoms with Crippen LogP contribution in [0.2, 0.25) is 0 Å². The van der Waals surface area contributed by atoms with E-state index in [9.17, 15) is 9.59 Å². The molecule has 1 amide bonds.